The van der Waals surface area contributed by atoms with Gasteiger partial charge in [0.2, 0.25) is 15.0 Å². The van der Waals surface area contributed by atoms with Crippen LogP contribution in [0.1, 0.15) is 16.2 Å². The molecule has 0 aliphatic carbocycles. The minimum Gasteiger partial charge on any atom is -0.459 e. The number of aromatic nitrogens is 2. The highest BCUT2D eigenvalue weighted by Crippen LogP contribution is 2.24. The topological polar surface area (TPSA) is 93.7 Å². The van der Waals surface area contributed by atoms with Crippen LogP contribution in [-0.2, 0) is 16.4 Å². The van der Waals surface area contributed by atoms with Crippen molar-refractivity contribution < 1.29 is 17.6 Å². The van der Waals surface area contributed by atoms with Crippen molar-refractivity contribution in [3.05, 3.63) is 77.3 Å². The van der Waals surface area contributed by atoms with Gasteiger partial charge in [0, 0.05) is 23.0 Å². The Morgan fingerprint density at radius 3 is 2.62 bits per heavy atom. The molecule has 0 spiro atoms. The number of furan rings is 1. The summed E-state index contributed by atoms with van der Waals surface area (Å²) >= 11 is 5.90. The normalized spacial score (nSPS) is 11.7. The zero-order valence-corrected chi connectivity index (χ0v) is 16.9. The highest BCUT2D eigenvalue weighted by molar-refractivity contribution is 7.90. The monoisotopic (exact) mass is 429 g/mol. The molecule has 1 N–H and O–H groups in total. The molecule has 0 aliphatic heterocycles. The number of fused-ring (bicyclic) bond motifs is 1. The number of pyridine rings is 1. The zero-order valence-electron chi connectivity index (χ0n) is 15.3. The second-order valence-electron chi connectivity index (χ2n) is 6.43. The van der Waals surface area contributed by atoms with Crippen molar-refractivity contribution in [1.82, 2.24) is 14.7 Å². The molecule has 29 heavy (non-hydrogen) atoms. The molecular formula is C20H16ClN3O4S. The van der Waals surface area contributed by atoms with Crippen LogP contribution in [0.3, 0.4) is 0 Å². The van der Waals surface area contributed by atoms with E-state index in [1.54, 1.807) is 48.7 Å². The Bertz CT molecular complexity index is 1310. The third-order valence-electron chi connectivity index (χ3n) is 4.28. The highest BCUT2D eigenvalue weighted by atomic mass is 35.5. The first-order valence-corrected chi connectivity index (χ1v) is 10.9. The predicted molar refractivity (Wildman–Crippen MR) is 109 cm³/mol. The van der Waals surface area contributed by atoms with Crippen molar-refractivity contribution in [1.29, 1.82) is 0 Å². The van der Waals surface area contributed by atoms with Gasteiger partial charge in [0.1, 0.15) is 11.5 Å². The van der Waals surface area contributed by atoms with E-state index in [0.717, 1.165) is 11.8 Å². The van der Waals surface area contributed by atoms with E-state index in [2.05, 4.69) is 10.3 Å². The minimum atomic E-state index is -3.60. The number of nitrogens with one attached hydrogen (secondary N) is 1. The van der Waals surface area contributed by atoms with Crippen LogP contribution < -0.4 is 5.32 Å². The molecule has 0 fully saturated rings. The van der Waals surface area contributed by atoms with Crippen molar-refractivity contribution in [2.45, 2.75) is 11.7 Å². The van der Waals surface area contributed by atoms with Crippen molar-refractivity contribution in [2.24, 2.45) is 0 Å². The number of nitrogens with zero attached hydrogens (tertiary/aromatic N) is 2. The molecule has 0 saturated carbocycles. The molecule has 0 radical (unpaired) electrons. The molecule has 0 unspecified atom stereocenters. The van der Waals surface area contributed by atoms with Crippen LogP contribution in [-0.4, -0.2) is 30.0 Å². The summed E-state index contributed by atoms with van der Waals surface area (Å²) in [5, 5.41) is 3.18. The average Bonchev–Trinajstić information content (AvgIpc) is 3.31. The van der Waals surface area contributed by atoms with Crippen LogP contribution in [0.25, 0.3) is 16.8 Å². The molecule has 9 heteroatoms. The Morgan fingerprint density at radius 2 is 1.90 bits per heavy atom. The maximum absolute atomic E-state index is 12.6. The molecule has 4 aromatic rings. The molecule has 148 valence electrons. The SMILES string of the molecule is CS(=O)(=O)c1nc(C(=O)NCc2ccc(-c3ccc(Cl)cc3)o2)c2ccccn12. The maximum atomic E-state index is 12.6. The Kier molecular flexibility index (Phi) is 4.89. The van der Waals surface area contributed by atoms with Crippen molar-refractivity contribution in [3.8, 4) is 11.3 Å². The summed E-state index contributed by atoms with van der Waals surface area (Å²) in [4.78, 5) is 16.7. The number of halogens is 1. The summed E-state index contributed by atoms with van der Waals surface area (Å²) in [5.74, 6) is 0.709. The van der Waals surface area contributed by atoms with Crippen molar-refractivity contribution in [3.63, 3.8) is 0 Å². The van der Waals surface area contributed by atoms with E-state index < -0.39 is 15.7 Å². The van der Waals surface area contributed by atoms with E-state index >= 15 is 0 Å². The maximum Gasteiger partial charge on any atom is 0.272 e. The number of imidazole rings is 1. The summed E-state index contributed by atoms with van der Waals surface area (Å²) in [5.41, 5.74) is 1.31. The van der Waals surface area contributed by atoms with Crippen LogP contribution in [0.15, 0.2) is 70.4 Å². The number of carbonyl (C=O) groups excluding carboxylic acids is 1. The Balaban J connectivity index is 1.55. The Morgan fingerprint density at radius 1 is 1.14 bits per heavy atom. The van der Waals surface area contributed by atoms with Crippen LogP contribution in [0.4, 0.5) is 0 Å². The first-order valence-electron chi connectivity index (χ1n) is 8.63. The fraction of sp³-hybridized carbons (Fsp3) is 0.100. The van der Waals surface area contributed by atoms with E-state index in [0.29, 0.717) is 22.1 Å². The van der Waals surface area contributed by atoms with Gasteiger partial charge >= 0.3 is 0 Å². The third-order valence-corrected chi connectivity index (χ3v) is 5.48. The van der Waals surface area contributed by atoms with Gasteiger partial charge in [-0.15, -0.1) is 0 Å². The molecule has 0 bridgehead atoms. The van der Waals surface area contributed by atoms with Gasteiger partial charge in [-0.2, -0.15) is 0 Å². The van der Waals surface area contributed by atoms with Crippen LogP contribution in [0.5, 0.6) is 0 Å². The molecule has 1 amide bonds. The van der Waals surface area contributed by atoms with Crippen LogP contribution >= 0.6 is 11.6 Å². The lowest BCUT2D eigenvalue weighted by Gasteiger charge is -2.02. The molecular weight excluding hydrogens is 414 g/mol. The van der Waals surface area contributed by atoms with Gasteiger partial charge in [-0.3, -0.25) is 9.20 Å². The number of amides is 1. The summed E-state index contributed by atoms with van der Waals surface area (Å²) in [6.07, 6.45) is 2.61. The summed E-state index contributed by atoms with van der Waals surface area (Å²) in [7, 11) is -3.60. The smallest absolute Gasteiger partial charge is 0.272 e. The largest absolute Gasteiger partial charge is 0.459 e. The molecule has 3 heterocycles. The Hall–Kier alpha value is -3.10. The first kappa shape index (κ1) is 19.2. The van der Waals surface area contributed by atoms with Gasteiger partial charge in [0.15, 0.2) is 5.69 Å². The van der Waals surface area contributed by atoms with E-state index in [4.69, 9.17) is 16.0 Å². The summed E-state index contributed by atoms with van der Waals surface area (Å²) < 4.78 is 31.1. The molecule has 0 saturated heterocycles. The molecule has 4 rings (SSSR count). The van der Waals surface area contributed by atoms with Gasteiger partial charge in [0.25, 0.3) is 5.91 Å². The molecule has 1 aromatic carbocycles. The van der Waals surface area contributed by atoms with E-state index in [1.165, 1.54) is 4.40 Å². The number of carbonyl (C=O) groups is 1. The first-order chi connectivity index (χ1) is 13.8. The zero-order chi connectivity index (χ0) is 20.6. The lowest BCUT2D eigenvalue weighted by Crippen LogP contribution is -2.23. The summed E-state index contributed by atoms with van der Waals surface area (Å²) in [6, 6.07) is 15.8. The average molecular weight is 430 g/mol. The number of rotatable bonds is 5. The Labute approximate surface area is 171 Å². The number of benzene rings is 1. The van der Waals surface area contributed by atoms with E-state index in [1.807, 2.05) is 12.1 Å². The molecule has 3 aromatic heterocycles. The van der Waals surface area contributed by atoms with Crippen molar-refractivity contribution in [2.75, 3.05) is 6.26 Å². The van der Waals surface area contributed by atoms with Gasteiger partial charge in [-0.05, 0) is 48.5 Å². The fourth-order valence-electron chi connectivity index (χ4n) is 2.93. The number of hydrogen-bond donors (Lipinski definition) is 1. The lowest BCUT2D eigenvalue weighted by atomic mass is 10.2. The predicted octanol–water partition coefficient (Wildman–Crippen LogP) is 3.58. The fourth-order valence-corrected chi connectivity index (χ4v) is 3.83. The van der Waals surface area contributed by atoms with Gasteiger partial charge in [0.05, 0.1) is 12.1 Å². The minimum absolute atomic E-state index is 0.0375. The van der Waals surface area contributed by atoms with Crippen LogP contribution in [0.2, 0.25) is 5.02 Å². The van der Waals surface area contributed by atoms with Gasteiger partial charge < -0.3 is 9.73 Å². The van der Waals surface area contributed by atoms with Crippen molar-refractivity contribution >= 4 is 32.9 Å². The lowest BCUT2D eigenvalue weighted by molar-refractivity contribution is 0.0945. The molecule has 0 atom stereocenters. The highest BCUT2D eigenvalue weighted by Gasteiger charge is 2.22. The molecule has 7 nitrogen and oxygen atoms in total. The van der Waals surface area contributed by atoms with Gasteiger partial charge in [-0.1, -0.05) is 17.7 Å². The second kappa shape index (κ2) is 7.38. The van der Waals surface area contributed by atoms with E-state index in [9.17, 15) is 13.2 Å². The second-order valence-corrected chi connectivity index (χ2v) is 8.77. The molecule has 0 aliphatic rings. The standard InChI is InChI=1S/C20H16ClN3O4S/c1-29(26,27)20-23-18(16-4-2-3-11-24(16)20)19(25)22-12-15-9-10-17(28-15)13-5-7-14(21)8-6-13/h2-11H,12H2,1H3,(H,22,25). The van der Waals surface area contributed by atoms with Gasteiger partial charge in [-0.25, -0.2) is 13.4 Å². The quantitative estimate of drug-likeness (QED) is 0.523. The third kappa shape index (κ3) is 3.90. The van der Waals surface area contributed by atoms with Crippen LogP contribution in [0, 0.1) is 0 Å². The number of sulfone groups is 1. The summed E-state index contributed by atoms with van der Waals surface area (Å²) in [6.45, 7) is 0.131. The number of hydrogen-bond acceptors (Lipinski definition) is 5. The van der Waals surface area contributed by atoms with E-state index in [-0.39, 0.29) is 17.4 Å².